The Kier molecular flexibility index (Phi) is 4.43. The number of rotatable bonds is 6. The van der Waals surface area contributed by atoms with Gasteiger partial charge in [0, 0.05) is 22.0 Å². The molecule has 0 saturated carbocycles. The van der Waals surface area contributed by atoms with Gasteiger partial charge in [-0.3, -0.25) is 4.79 Å². The maximum Gasteiger partial charge on any atom is 0.304 e. The van der Waals surface area contributed by atoms with Crippen molar-refractivity contribution in [1.29, 1.82) is 0 Å². The lowest BCUT2D eigenvalue weighted by Crippen LogP contribution is -2.34. The molecule has 3 rings (SSSR count). The maximum absolute atomic E-state index is 11.5. The third-order valence-electron chi connectivity index (χ3n) is 5.73. The topological polar surface area (TPSA) is 82.5 Å². The molecule has 128 valence electrons. The summed E-state index contributed by atoms with van der Waals surface area (Å²) in [5.74, 6) is -0.493. The Bertz CT molecular complexity index is 780. The lowest BCUT2D eigenvalue weighted by Gasteiger charge is -2.39. The number of carboxylic acid groups (broad SMARTS) is 1. The first-order chi connectivity index (χ1) is 11.5. The van der Waals surface area contributed by atoms with Gasteiger partial charge in [0.05, 0.1) is 13.0 Å². The molecule has 0 bridgehead atoms. The number of aliphatic carboxylic acids is 1. The van der Waals surface area contributed by atoms with Crippen LogP contribution in [0.15, 0.2) is 23.4 Å². The van der Waals surface area contributed by atoms with Crippen LogP contribution in [0, 0.1) is 11.8 Å². The van der Waals surface area contributed by atoms with Crippen LogP contribution in [0.1, 0.15) is 61.8 Å². The molecule has 2 atom stereocenters. The Morgan fingerprint density at radius 2 is 2.25 bits per heavy atom. The van der Waals surface area contributed by atoms with E-state index < -0.39 is 5.97 Å². The second kappa shape index (κ2) is 6.38. The van der Waals surface area contributed by atoms with Gasteiger partial charge in [0.15, 0.2) is 0 Å². The zero-order chi connectivity index (χ0) is 17.3. The van der Waals surface area contributed by atoms with E-state index in [1.54, 1.807) is 0 Å². The molecule has 1 heterocycles. The van der Waals surface area contributed by atoms with Crippen LogP contribution < -0.4 is 0 Å². The fourth-order valence-corrected chi connectivity index (χ4v) is 4.39. The highest BCUT2D eigenvalue weighted by Gasteiger charge is 2.42. The first kappa shape index (κ1) is 16.7. The minimum absolute atomic E-state index is 0.140. The number of carbonyl (C=O) groups is 1. The number of fused-ring (bicyclic) bond motifs is 3. The van der Waals surface area contributed by atoms with Crippen LogP contribution >= 0.6 is 0 Å². The summed E-state index contributed by atoms with van der Waals surface area (Å²) in [6, 6.07) is 6.21. The summed E-state index contributed by atoms with van der Waals surface area (Å²) < 4.78 is 0. The van der Waals surface area contributed by atoms with Gasteiger partial charge in [0.25, 0.3) is 0 Å². The molecule has 1 aliphatic carbocycles. The molecule has 0 spiro atoms. The van der Waals surface area contributed by atoms with Crippen LogP contribution in [0.3, 0.4) is 0 Å². The average molecular weight is 328 g/mol. The maximum atomic E-state index is 11.5. The van der Waals surface area contributed by atoms with Gasteiger partial charge in [-0.15, -0.1) is 0 Å². The number of carboxylic acids is 1. The first-order valence-corrected chi connectivity index (χ1v) is 8.65. The molecule has 2 N–H and O–H groups in total. The van der Waals surface area contributed by atoms with Gasteiger partial charge in [-0.05, 0) is 49.7 Å². The predicted octanol–water partition coefficient (Wildman–Crippen LogP) is 4.63. The highest BCUT2D eigenvalue weighted by Crippen LogP contribution is 2.50. The van der Waals surface area contributed by atoms with E-state index in [2.05, 4.69) is 36.1 Å². The van der Waals surface area contributed by atoms with E-state index in [9.17, 15) is 14.8 Å². The quantitative estimate of drug-likeness (QED) is 0.758. The zero-order valence-electron chi connectivity index (χ0n) is 14.3. The number of aromatic amines is 1. The first-order valence-electron chi connectivity index (χ1n) is 8.65. The van der Waals surface area contributed by atoms with Crippen molar-refractivity contribution >= 4 is 16.9 Å². The van der Waals surface area contributed by atoms with Crippen molar-refractivity contribution in [3.05, 3.63) is 39.9 Å². The summed E-state index contributed by atoms with van der Waals surface area (Å²) in [7, 11) is 0. The van der Waals surface area contributed by atoms with Gasteiger partial charge in [0.1, 0.15) is 0 Å². The Labute approximate surface area is 141 Å². The zero-order valence-corrected chi connectivity index (χ0v) is 14.3. The summed E-state index contributed by atoms with van der Waals surface area (Å²) in [5.41, 5.74) is 4.19. The van der Waals surface area contributed by atoms with Gasteiger partial charge in [-0.25, -0.2) is 0 Å². The number of H-pyrrole nitrogens is 1. The summed E-state index contributed by atoms with van der Waals surface area (Å²) >= 11 is 0. The fraction of sp³-hybridized carbons (Fsp3) is 0.526. The van der Waals surface area contributed by atoms with Crippen LogP contribution in [-0.2, 0) is 10.2 Å². The summed E-state index contributed by atoms with van der Waals surface area (Å²) in [5, 5.41) is 13.7. The van der Waals surface area contributed by atoms with Crippen LogP contribution in [0.5, 0.6) is 0 Å². The SMILES string of the molecule is CC[C@@]1(CC(=O)O)CC[C@H](CCN=O)c2c1[nH]c1c(C)cccc21. The molecule has 1 aromatic carbocycles. The van der Waals surface area contributed by atoms with Crippen LogP contribution in [0.4, 0.5) is 0 Å². The highest BCUT2D eigenvalue weighted by molar-refractivity contribution is 5.89. The van der Waals surface area contributed by atoms with E-state index in [1.807, 2.05) is 6.07 Å². The van der Waals surface area contributed by atoms with Gasteiger partial charge >= 0.3 is 5.97 Å². The van der Waals surface area contributed by atoms with Crippen LogP contribution in [0.25, 0.3) is 10.9 Å². The number of aryl methyl sites for hydroxylation is 1. The molecule has 0 saturated heterocycles. The van der Waals surface area contributed by atoms with E-state index >= 15 is 0 Å². The Morgan fingerprint density at radius 1 is 1.46 bits per heavy atom. The van der Waals surface area contributed by atoms with Crippen molar-refractivity contribution in [2.24, 2.45) is 5.18 Å². The molecule has 0 radical (unpaired) electrons. The van der Waals surface area contributed by atoms with E-state index in [0.717, 1.165) is 42.5 Å². The number of hydrogen-bond acceptors (Lipinski definition) is 3. The van der Waals surface area contributed by atoms with Crippen molar-refractivity contribution in [3.8, 4) is 0 Å². The van der Waals surface area contributed by atoms with E-state index in [-0.39, 0.29) is 17.8 Å². The Hall–Kier alpha value is -2.17. The fourth-order valence-electron chi connectivity index (χ4n) is 4.39. The summed E-state index contributed by atoms with van der Waals surface area (Å²) in [4.78, 5) is 25.7. The van der Waals surface area contributed by atoms with E-state index in [1.165, 1.54) is 10.9 Å². The van der Waals surface area contributed by atoms with Gasteiger partial charge < -0.3 is 10.1 Å². The number of aromatic nitrogens is 1. The smallest absolute Gasteiger partial charge is 0.304 e. The third kappa shape index (κ3) is 2.62. The van der Waals surface area contributed by atoms with E-state index in [0.29, 0.717) is 6.54 Å². The number of nitroso groups, excluding NO2 is 1. The standard InChI is InChI=1S/C19H24N2O3/c1-3-19(11-15(22)23)9-7-13(8-10-20-24)16-14-6-4-5-12(2)17(14)21-18(16)19/h4-6,13,21H,3,7-11H2,1-2H3,(H,22,23)/t13-,19+/m1/s1. The molecule has 0 amide bonds. The molecule has 0 fully saturated rings. The minimum Gasteiger partial charge on any atom is -0.481 e. The van der Waals surface area contributed by atoms with Crippen LogP contribution in [-0.4, -0.2) is 22.6 Å². The molecule has 2 aromatic rings. The molecule has 0 aliphatic heterocycles. The summed E-state index contributed by atoms with van der Waals surface area (Å²) in [6.07, 6.45) is 3.39. The predicted molar refractivity (Wildman–Crippen MR) is 94.5 cm³/mol. The second-order valence-corrected chi connectivity index (χ2v) is 6.99. The molecular formula is C19H24N2O3. The molecule has 24 heavy (non-hydrogen) atoms. The summed E-state index contributed by atoms with van der Waals surface area (Å²) in [6.45, 7) is 4.44. The van der Waals surface area contributed by atoms with Crippen molar-refractivity contribution < 1.29 is 9.90 Å². The molecule has 5 heteroatoms. The Balaban J connectivity index is 2.21. The van der Waals surface area contributed by atoms with Gasteiger partial charge in [-0.1, -0.05) is 30.3 Å². The van der Waals surface area contributed by atoms with Gasteiger partial charge in [0.2, 0.25) is 0 Å². The third-order valence-corrected chi connectivity index (χ3v) is 5.73. The van der Waals surface area contributed by atoms with E-state index in [4.69, 9.17) is 0 Å². The largest absolute Gasteiger partial charge is 0.481 e. The number of hydrogen-bond donors (Lipinski definition) is 2. The van der Waals surface area contributed by atoms with Crippen molar-refractivity contribution in [1.82, 2.24) is 4.98 Å². The molecule has 0 unspecified atom stereocenters. The lowest BCUT2D eigenvalue weighted by molar-refractivity contribution is -0.138. The van der Waals surface area contributed by atoms with Crippen LogP contribution in [0.2, 0.25) is 0 Å². The van der Waals surface area contributed by atoms with Crippen molar-refractivity contribution in [3.63, 3.8) is 0 Å². The van der Waals surface area contributed by atoms with Gasteiger partial charge in [-0.2, -0.15) is 4.91 Å². The second-order valence-electron chi connectivity index (χ2n) is 6.99. The number of para-hydroxylation sites is 1. The molecule has 5 nitrogen and oxygen atoms in total. The Morgan fingerprint density at radius 3 is 2.92 bits per heavy atom. The number of nitrogens with zero attached hydrogens (tertiary/aromatic N) is 1. The molecule has 1 aliphatic rings. The molecular weight excluding hydrogens is 304 g/mol. The monoisotopic (exact) mass is 328 g/mol. The lowest BCUT2D eigenvalue weighted by atomic mass is 9.65. The average Bonchev–Trinajstić information content (AvgIpc) is 2.96. The minimum atomic E-state index is -0.758. The highest BCUT2D eigenvalue weighted by atomic mass is 16.4. The number of nitrogens with one attached hydrogen (secondary N) is 1. The normalized spacial score (nSPS) is 23.2. The number of benzene rings is 1. The van der Waals surface area contributed by atoms with Crippen molar-refractivity contribution in [2.75, 3.05) is 6.54 Å². The van der Waals surface area contributed by atoms with Crippen molar-refractivity contribution in [2.45, 2.75) is 57.3 Å². The molecule has 1 aromatic heterocycles.